The minimum atomic E-state index is -0.879. The predicted molar refractivity (Wildman–Crippen MR) is 97.4 cm³/mol. The highest BCUT2D eigenvalue weighted by molar-refractivity contribution is 5.89. The van der Waals surface area contributed by atoms with Crippen LogP contribution < -0.4 is 0 Å². The number of hydrogen-bond acceptors (Lipinski definition) is 2. The molecule has 0 heterocycles. The second-order valence-corrected chi connectivity index (χ2v) is 6.33. The van der Waals surface area contributed by atoms with Gasteiger partial charge in [-0.15, -0.1) is 0 Å². The summed E-state index contributed by atoms with van der Waals surface area (Å²) in [5.41, 5.74) is 4.31. The summed E-state index contributed by atoms with van der Waals surface area (Å²) in [6.45, 7) is 1.89. The second-order valence-electron chi connectivity index (χ2n) is 6.33. The van der Waals surface area contributed by atoms with E-state index in [0.29, 0.717) is 11.1 Å². The zero-order valence-electron chi connectivity index (χ0n) is 14.5. The van der Waals surface area contributed by atoms with E-state index in [0.717, 1.165) is 18.4 Å². The Morgan fingerprint density at radius 2 is 1.36 bits per heavy atom. The van der Waals surface area contributed by atoms with E-state index in [-0.39, 0.29) is 0 Å². The van der Waals surface area contributed by atoms with Crippen molar-refractivity contribution in [2.75, 3.05) is 0 Å². The molecule has 0 spiro atoms. The van der Waals surface area contributed by atoms with Crippen LogP contribution in [0.25, 0.3) is 0 Å². The van der Waals surface area contributed by atoms with Gasteiger partial charge in [0.25, 0.3) is 0 Å². The third-order valence-corrected chi connectivity index (χ3v) is 4.44. The molecule has 25 heavy (non-hydrogen) atoms. The molecule has 132 valence electrons. The van der Waals surface area contributed by atoms with Crippen molar-refractivity contribution in [1.82, 2.24) is 0 Å². The van der Waals surface area contributed by atoms with Gasteiger partial charge in [0.1, 0.15) is 0 Å². The molecular weight excluding hydrogens is 316 g/mol. The lowest BCUT2D eigenvalue weighted by Gasteiger charge is -2.15. The average molecular weight is 340 g/mol. The summed E-state index contributed by atoms with van der Waals surface area (Å²) in [6.07, 6.45) is 7.15. The first-order valence-corrected chi connectivity index (χ1v) is 8.63. The lowest BCUT2D eigenvalue weighted by molar-refractivity contribution is 0.0685. The average Bonchev–Trinajstić information content (AvgIpc) is 2.57. The van der Waals surface area contributed by atoms with Crippen molar-refractivity contribution in [3.05, 3.63) is 70.3 Å². The first-order valence-electron chi connectivity index (χ1n) is 8.63. The van der Waals surface area contributed by atoms with Gasteiger partial charge in [-0.1, -0.05) is 37.1 Å². The van der Waals surface area contributed by atoms with E-state index < -0.39 is 11.9 Å². The van der Waals surface area contributed by atoms with Crippen molar-refractivity contribution >= 4 is 11.9 Å². The Balaban J connectivity index is 0.000000212. The van der Waals surface area contributed by atoms with Gasteiger partial charge in [-0.3, -0.25) is 0 Å². The third-order valence-electron chi connectivity index (χ3n) is 4.44. The second kappa shape index (κ2) is 9.02. The quantitative estimate of drug-likeness (QED) is 0.828. The normalized spacial score (nSPS) is 13.5. The number of benzene rings is 2. The van der Waals surface area contributed by atoms with Crippen LogP contribution >= 0.6 is 0 Å². The van der Waals surface area contributed by atoms with Gasteiger partial charge in [0, 0.05) is 0 Å². The Morgan fingerprint density at radius 3 is 1.84 bits per heavy atom. The molecule has 1 aliphatic carbocycles. The van der Waals surface area contributed by atoms with E-state index >= 15 is 0 Å². The summed E-state index contributed by atoms with van der Waals surface area (Å²) in [7, 11) is 0. The molecular formula is C21H24O4. The van der Waals surface area contributed by atoms with Crippen molar-refractivity contribution in [2.24, 2.45) is 0 Å². The van der Waals surface area contributed by atoms with Gasteiger partial charge in [0.15, 0.2) is 0 Å². The number of carboxylic acid groups (broad SMARTS) is 2. The van der Waals surface area contributed by atoms with Crippen LogP contribution in [0.5, 0.6) is 0 Å². The minimum absolute atomic E-state index is 0.331. The smallest absolute Gasteiger partial charge is 0.335 e. The van der Waals surface area contributed by atoms with Crippen molar-refractivity contribution in [3.63, 3.8) is 0 Å². The lowest BCUT2D eigenvalue weighted by atomic mass is 9.90. The number of carbonyl (C=O) groups is 2. The summed E-state index contributed by atoms with van der Waals surface area (Å²) in [5.74, 6) is -1.68. The van der Waals surface area contributed by atoms with Gasteiger partial charge in [-0.05, 0) is 67.5 Å². The Bertz CT molecular complexity index is 735. The van der Waals surface area contributed by atoms with Gasteiger partial charge < -0.3 is 10.2 Å². The number of rotatable bonds is 2. The molecule has 0 fully saturated rings. The van der Waals surface area contributed by atoms with Gasteiger partial charge in [0.05, 0.1) is 11.1 Å². The first kappa shape index (κ1) is 18.7. The molecule has 3 rings (SSSR count). The van der Waals surface area contributed by atoms with E-state index in [4.69, 9.17) is 10.2 Å². The fraction of sp³-hybridized carbons (Fsp3) is 0.333. The molecule has 0 aliphatic heterocycles. The highest BCUT2D eigenvalue weighted by atomic mass is 16.4. The molecule has 0 unspecified atom stereocenters. The topological polar surface area (TPSA) is 74.6 Å². The zero-order chi connectivity index (χ0) is 18.2. The molecule has 0 radical (unpaired) electrons. The van der Waals surface area contributed by atoms with Gasteiger partial charge in [0.2, 0.25) is 0 Å². The highest BCUT2D eigenvalue weighted by Crippen LogP contribution is 2.23. The molecule has 0 atom stereocenters. The maximum Gasteiger partial charge on any atom is 0.335 e. The molecule has 2 aromatic rings. The van der Waals surface area contributed by atoms with Crippen molar-refractivity contribution in [1.29, 1.82) is 0 Å². The molecule has 4 heteroatoms. The summed E-state index contributed by atoms with van der Waals surface area (Å²) >= 11 is 0. The Morgan fingerprint density at radius 1 is 0.800 bits per heavy atom. The van der Waals surface area contributed by atoms with Crippen LogP contribution in [0.15, 0.2) is 42.5 Å². The number of aryl methyl sites for hydroxylation is 3. The van der Waals surface area contributed by atoms with E-state index in [1.54, 1.807) is 30.3 Å². The number of carboxylic acids is 2. The SMILES string of the molecule is Cc1cc2c(cc1C(=O)O)CCCCCC2.O=C(O)c1ccccc1. The highest BCUT2D eigenvalue weighted by Gasteiger charge is 2.13. The molecule has 0 saturated heterocycles. The monoisotopic (exact) mass is 340 g/mol. The summed E-state index contributed by atoms with van der Waals surface area (Å²) < 4.78 is 0. The van der Waals surface area contributed by atoms with Crippen molar-refractivity contribution < 1.29 is 19.8 Å². The van der Waals surface area contributed by atoms with Crippen LogP contribution in [-0.4, -0.2) is 22.2 Å². The molecule has 4 nitrogen and oxygen atoms in total. The van der Waals surface area contributed by atoms with Crippen LogP contribution in [0.2, 0.25) is 0 Å². The van der Waals surface area contributed by atoms with Crippen LogP contribution in [-0.2, 0) is 12.8 Å². The van der Waals surface area contributed by atoms with Crippen LogP contribution in [0, 0.1) is 6.92 Å². The maximum absolute atomic E-state index is 11.1. The van der Waals surface area contributed by atoms with E-state index in [2.05, 4.69) is 6.07 Å². The van der Waals surface area contributed by atoms with Crippen molar-refractivity contribution in [3.8, 4) is 0 Å². The zero-order valence-corrected chi connectivity index (χ0v) is 14.5. The summed E-state index contributed by atoms with van der Waals surface area (Å²) in [5, 5.41) is 17.5. The van der Waals surface area contributed by atoms with Crippen LogP contribution in [0.3, 0.4) is 0 Å². The van der Waals surface area contributed by atoms with Gasteiger partial charge >= 0.3 is 11.9 Å². The molecule has 0 amide bonds. The van der Waals surface area contributed by atoms with E-state index in [9.17, 15) is 9.59 Å². The van der Waals surface area contributed by atoms with E-state index in [1.807, 2.05) is 13.0 Å². The number of fused-ring (bicyclic) bond motifs is 1. The van der Waals surface area contributed by atoms with E-state index in [1.165, 1.54) is 36.8 Å². The van der Waals surface area contributed by atoms with Gasteiger partial charge in [-0.25, -0.2) is 9.59 Å². The summed E-state index contributed by atoms with van der Waals surface area (Å²) in [4.78, 5) is 21.3. The standard InChI is InChI=1S/C14H18O2.C7H6O2/c1-10-8-11-6-4-2-3-5-7-12(11)9-13(10)14(15)16;8-7(9)6-4-2-1-3-5-6/h8-9H,2-7H2,1H3,(H,15,16);1-5H,(H,8,9). The number of aromatic carboxylic acids is 2. The Kier molecular flexibility index (Phi) is 6.75. The predicted octanol–water partition coefficient (Wildman–Crippen LogP) is 4.74. The molecule has 1 aliphatic rings. The minimum Gasteiger partial charge on any atom is -0.478 e. The molecule has 2 aromatic carbocycles. The number of hydrogen-bond donors (Lipinski definition) is 2. The fourth-order valence-electron chi connectivity index (χ4n) is 3.07. The maximum atomic E-state index is 11.1. The Labute approximate surface area is 148 Å². The van der Waals surface area contributed by atoms with Gasteiger partial charge in [-0.2, -0.15) is 0 Å². The Hall–Kier alpha value is -2.62. The van der Waals surface area contributed by atoms with Crippen LogP contribution in [0.4, 0.5) is 0 Å². The fourth-order valence-corrected chi connectivity index (χ4v) is 3.07. The summed E-state index contributed by atoms with van der Waals surface area (Å²) in [6, 6.07) is 12.3. The van der Waals surface area contributed by atoms with Crippen LogP contribution in [0.1, 0.15) is 63.1 Å². The molecule has 0 bridgehead atoms. The molecule has 2 N–H and O–H groups in total. The first-order chi connectivity index (χ1) is 12.0. The van der Waals surface area contributed by atoms with Crippen molar-refractivity contribution in [2.45, 2.75) is 45.4 Å². The molecule has 0 aromatic heterocycles. The molecule has 0 saturated carbocycles. The lowest BCUT2D eigenvalue weighted by Crippen LogP contribution is -2.06. The third kappa shape index (κ3) is 5.45. The largest absolute Gasteiger partial charge is 0.478 e.